The van der Waals surface area contributed by atoms with Crippen LogP contribution in [0.4, 0.5) is 0 Å². The Hall–Kier alpha value is -1.73. The Kier molecular flexibility index (Phi) is 4.86. The summed E-state index contributed by atoms with van der Waals surface area (Å²) in [5, 5.41) is 13.1. The van der Waals surface area contributed by atoms with Crippen LogP contribution in [0.2, 0.25) is 0 Å². The third-order valence-corrected chi connectivity index (χ3v) is 3.18. The molecule has 0 unspecified atom stereocenters. The second-order valence-electron chi connectivity index (χ2n) is 4.73. The van der Waals surface area contributed by atoms with Crippen molar-refractivity contribution in [1.29, 1.82) is 0 Å². The first-order chi connectivity index (χ1) is 9.67. The number of methoxy groups -OCH3 is 1. The highest BCUT2D eigenvalue weighted by molar-refractivity contribution is 5.92. The SMILES string of the molecule is COCCn1nc(C(=O)N(CCO)C2CC2)ccc1=O. The maximum absolute atomic E-state index is 12.4. The van der Waals surface area contributed by atoms with E-state index in [2.05, 4.69) is 5.10 Å². The van der Waals surface area contributed by atoms with E-state index in [9.17, 15) is 9.59 Å². The number of rotatable bonds is 7. The van der Waals surface area contributed by atoms with Gasteiger partial charge in [0, 0.05) is 25.8 Å². The number of aromatic nitrogens is 2. The second-order valence-corrected chi connectivity index (χ2v) is 4.73. The van der Waals surface area contributed by atoms with Crippen molar-refractivity contribution in [1.82, 2.24) is 14.7 Å². The van der Waals surface area contributed by atoms with Gasteiger partial charge in [0.15, 0.2) is 0 Å². The van der Waals surface area contributed by atoms with E-state index in [0.717, 1.165) is 12.8 Å². The van der Waals surface area contributed by atoms with Crippen LogP contribution in [0.25, 0.3) is 0 Å². The Morgan fingerprint density at radius 2 is 2.30 bits per heavy atom. The maximum Gasteiger partial charge on any atom is 0.274 e. The van der Waals surface area contributed by atoms with Gasteiger partial charge in [0.2, 0.25) is 0 Å². The van der Waals surface area contributed by atoms with Crippen LogP contribution in [-0.4, -0.2) is 58.6 Å². The quantitative estimate of drug-likeness (QED) is 0.727. The van der Waals surface area contributed by atoms with Crippen molar-refractivity contribution < 1.29 is 14.6 Å². The monoisotopic (exact) mass is 281 g/mol. The molecule has 1 aliphatic rings. The van der Waals surface area contributed by atoms with E-state index in [0.29, 0.717) is 19.7 Å². The van der Waals surface area contributed by atoms with Gasteiger partial charge in [-0.1, -0.05) is 0 Å². The van der Waals surface area contributed by atoms with Gasteiger partial charge in [-0.2, -0.15) is 5.10 Å². The van der Waals surface area contributed by atoms with E-state index >= 15 is 0 Å². The molecule has 0 radical (unpaired) electrons. The molecule has 1 N–H and O–H groups in total. The first kappa shape index (κ1) is 14.7. The number of amides is 1. The van der Waals surface area contributed by atoms with Crippen molar-refractivity contribution in [2.75, 3.05) is 26.9 Å². The molecule has 20 heavy (non-hydrogen) atoms. The fourth-order valence-corrected chi connectivity index (χ4v) is 1.99. The zero-order valence-electron chi connectivity index (χ0n) is 11.5. The molecule has 1 aromatic rings. The molecule has 0 aliphatic heterocycles. The average Bonchev–Trinajstić information content (AvgIpc) is 3.27. The molecule has 110 valence electrons. The van der Waals surface area contributed by atoms with Crippen LogP contribution in [0, 0.1) is 0 Å². The predicted molar refractivity (Wildman–Crippen MR) is 71.5 cm³/mol. The Balaban J connectivity index is 2.18. The van der Waals surface area contributed by atoms with Crippen LogP contribution in [-0.2, 0) is 11.3 Å². The molecule has 0 spiro atoms. The normalized spacial score (nSPS) is 14.3. The molecule has 2 rings (SSSR count). The van der Waals surface area contributed by atoms with Crippen molar-refractivity contribution in [3.05, 3.63) is 28.2 Å². The predicted octanol–water partition coefficient (Wildman–Crippen LogP) is -0.513. The van der Waals surface area contributed by atoms with Gasteiger partial charge < -0.3 is 14.7 Å². The summed E-state index contributed by atoms with van der Waals surface area (Å²) in [7, 11) is 1.54. The van der Waals surface area contributed by atoms with E-state index < -0.39 is 0 Å². The van der Waals surface area contributed by atoms with Crippen LogP contribution in [0.3, 0.4) is 0 Å². The van der Waals surface area contributed by atoms with Crippen molar-refractivity contribution in [2.45, 2.75) is 25.4 Å². The third-order valence-electron chi connectivity index (χ3n) is 3.18. The minimum Gasteiger partial charge on any atom is -0.395 e. The summed E-state index contributed by atoms with van der Waals surface area (Å²) in [6.07, 6.45) is 1.91. The lowest BCUT2D eigenvalue weighted by Gasteiger charge is -2.20. The highest BCUT2D eigenvalue weighted by atomic mass is 16.5. The number of aliphatic hydroxyl groups is 1. The topological polar surface area (TPSA) is 84.7 Å². The van der Waals surface area contributed by atoms with Crippen molar-refractivity contribution in [2.24, 2.45) is 0 Å². The second kappa shape index (κ2) is 6.62. The standard InChI is InChI=1S/C13H19N3O4/c1-20-9-7-16-12(18)5-4-11(14-16)13(19)15(6-8-17)10-2-3-10/h4-5,10,17H,2-3,6-9H2,1H3. The van der Waals surface area contributed by atoms with Crippen LogP contribution in [0.15, 0.2) is 16.9 Å². The van der Waals surface area contributed by atoms with Crippen molar-refractivity contribution >= 4 is 5.91 Å². The molecule has 1 aromatic heterocycles. The highest BCUT2D eigenvalue weighted by Crippen LogP contribution is 2.27. The molecule has 0 aromatic carbocycles. The van der Waals surface area contributed by atoms with Gasteiger partial charge in [0.05, 0.1) is 19.8 Å². The van der Waals surface area contributed by atoms with Crippen molar-refractivity contribution in [3.8, 4) is 0 Å². The van der Waals surface area contributed by atoms with E-state index in [1.54, 1.807) is 4.90 Å². The molecule has 7 heteroatoms. The summed E-state index contributed by atoms with van der Waals surface area (Å²) in [4.78, 5) is 25.6. The fourth-order valence-electron chi connectivity index (χ4n) is 1.99. The lowest BCUT2D eigenvalue weighted by molar-refractivity contribution is 0.0698. The average molecular weight is 281 g/mol. The van der Waals surface area contributed by atoms with Crippen LogP contribution in [0.5, 0.6) is 0 Å². The Bertz CT molecular complexity index is 525. The van der Waals surface area contributed by atoms with Crippen LogP contribution >= 0.6 is 0 Å². The summed E-state index contributed by atoms with van der Waals surface area (Å²) in [5.74, 6) is -0.243. The van der Waals surface area contributed by atoms with E-state index in [1.165, 1.54) is 23.9 Å². The van der Waals surface area contributed by atoms with Crippen LogP contribution in [0.1, 0.15) is 23.3 Å². The lowest BCUT2D eigenvalue weighted by Crippen LogP contribution is -2.37. The van der Waals surface area contributed by atoms with Gasteiger partial charge in [-0.05, 0) is 18.9 Å². The molecule has 0 saturated heterocycles. The smallest absolute Gasteiger partial charge is 0.274 e. The number of hydrogen-bond acceptors (Lipinski definition) is 5. The molecule has 0 atom stereocenters. The summed E-state index contributed by atoms with van der Waals surface area (Å²) < 4.78 is 6.13. The van der Waals surface area contributed by atoms with E-state index in [4.69, 9.17) is 9.84 Å². The Morgan fingerprint density at radius 1 is 1.55 bits per heavy atom. The Labute approximate surface area is 116 Å². The summed E-state index contributed by atoms with van der Waals surface area (Å²) >= 11 is 0. The Morgan fingerprint density at radius 3 is 2.90 bits per heavy atom. The summed E-state index contributed by atoms with van der Waals surface area (Å²) in [6.45, 7) is 0.876. The minimum absolute atomic E-state index is 0.0778. The molecule has 1 fully saturated rings. The first-order valence-corrected chi connectivity index (χ1v) is 6.66. The largest absolute Gasteiger partial charge is 0.395 e. The maximum atomic E-state index is 12.4. The van der Waals surface area contributed by atoms with Gasteiger partial charge in [0.1, 0.15) is 5.69 Å². The highest BCUT2D eigenvalue weighted by Gasteiger charge is 2.33. The van der Waals surface area contributed by atoms with Crippen molar-refractivity contribution in [3.63, 3.8) is 0 Å². The number of carbonyl (C=O) groups excluding carboxylic acids is 1. The van der Waals surface area contributed by atoms with Crippen LogP contribution < -0.4 is 5.56 Å². The molecule has 1 amide bonds. The molecule has 7 nitrogen and oxygen atoms in total. The first-order valence-electron chi connectivity index (χ1n) is 6.66. The number of aliphatic hydroxyl groups excluding tert-OH is 1. The molecular weight excluding hydrogens is 262 g/mol. The zero-order chi connectivity index (χ0) is 14.5. The van der Waals surface area contributed by atoms with Gasteiger partial charge in [-0.15, -0.1) is 0 Å². The molecular formula is C13H19N3O4. The van der Waals surface area contributed by atoms with E-state index in [-0.39, 0.29) is 29.8 Å². The van der Waals surface area contributed by atoms with E-state index in [1.807, 2.05) is 0 Å². The lowest BCUT2D eigenvalue weighted by atomic mass is 10.3. The molecule has 1 aliphatic carbocycles. The van der Waals surface area contributed by atoms with Gasteiger partial charge in [-0.25, -0.2) is 4.68 Å². The number of ether oxygens (including phenoxy) is 1. The summed E-state index contributed by atoms with van der Waals surface area (Å²) in [5.41, 5.74) is -0.0419. The zero-order valence-corrected chi connectivity index (χ0v) is 11.5. The van der Waals surface area contributed by atoms with Gasteiger partial charge >= 0.3 is 0 Å². The third kappa shape index (κ3) is 3.43. The number of carbonyl (C=O) groups is 1. The number of hydrogen-bond donors (Lipinski definition) is 1. The number of nitrogens with zero attached hydrogens (tertiary/aromatic N) is 3. The van der Waals surface area contributed by atoms with Gasteiger partial charge in [-0.3, -0.25) is 9.59 Å². The fraction of sp³-hybridized carbons (Fsp3) is 0.615. The molecule has 0 bridgehead atoms. The van der Waals surface area contributed by atoms with Gasteiger partial charge in [0.25, 0.3) is 11.5 Å². The summed E-state index contributed by atoms with van der Waals surface area (Å²) in [6, 6.07) is 2.96. The minimum atomic E-state index is -0.265. The molecule has 1 saturated carbocycles. The molecule has 1 heterocycles.